The minimum atomic E-state index is -0.608. The van der Waals surface area contributed by atoms with Gasteiger partial charge < -0.3 is 4.74 Å². The zero-order valence-electron chi connectivity index (χ0n) is 21.8. The van der Waals surface area contributed by atoms with Crippen LogP contribution in [0.25, 0.3) is 16.8 Å². The number of esters is 1. The van der Waals surface area contributed by atoms with Gasteiger partial charge in [0.05, 0.1) is 29.3 Å². The Balaban J connectivity index is 1.23. The van der Waals surface area contributed by atoms with Gasteiger partial charge in [-0.1, -0.05) is 78.9 Å². The van der Waals surface area contributed by atoms with E-state index in [2.05, 4.69) is 28.4 Å². The molecule has 1 aliphatic heterocycles. The normalized spacial score (nSPS) is 19.4. The van der Waals surface area contributed by atoms with E-state index in [1.54, 1.807) is 24.3 Å². The number of nitrogens with zero attached hydrogens (tertiary/aromatic N) is 3. The van der Waals surface area contributed by atoms with Crippen LogP contribution in [0.15, 0.2) is 100 Å². The number of rotatable bonds is 6. The second-order valence-corrected chi connectivity index (χ2v) is 10.0. The highest BCUT2D eigenvalue weighted by Gasteiger charge is 2.43. The first-order valence-electron chi connectivity index (χ1n) is 13.4. The quantitative estimate of drug-likeness (QED) is 0.358. The first kappa shape index (κ1) is 25.4. The molecule has 1 fully saturated rings. The second-order valence-electron chi connectivity index (χ2n) is 10.0. The lowest BCUT2D eigenvalue weighted by Gasteiger charge is -2.29. The fraction of sp³-hybridized carbons (Fsp3) is 0.219. The Bertz CT molecular complexity index is 1680. The van der Waals surface area contributed by atoms with Crippen molar-refractivity contribution in [2.24, 2.45) is 11.0 Å². The minimum absolute atomic E-state index is 0.0578. The molecule has 0 saturated heterocycles. The van der Waals surface area contributed by atoms with Crippen molar-refractivity contribution in [2.45, 2.75) is 31.7 Å². The maximum absolute atomic E-state index is 13.5. The molecule has 6 rings (SSSR count). The molecule has 8 heteroatoms. The van der Waals surface area contributed by atoms with Crippen molar-refractivity contribution in [3.8, 4) is 0 Å². The molecule has 2 aliphatic rings. The highest BCUT2D eigenvalue weighted by Crippen LogP contribution is 2.44. The standard InChI is InChI=1S/C32H28N4O4/c37-28(20-40-29(38)19-27-24-15-7-8-16-25(24)32(39)34-33-27)36-31(22-12-5-2-6-13-22)26-17-9-14-23(30(26)35-36)18-21-10-3-1-4-11-21/h1-8,10-13,15-16,18,26,31H,9,14,17,19-20H2,(H,34,39)/b23-18+/t26-,31-/m1/s1. The van der Waals surface area contributed by atoms with Crippen LogP contribution in [0, 0.1) is 5.92 Å². The zero-order valence-corrected chi connectivity index (χ0v) is 21.8. The van der Waals surface area contributed by atoms with Gasteiger partial charge in [-0.15, -0.1) is 0 Å². The number of hydrogen-bond donors (Lipinski definition) is 1. The highest BCUT2D eigenvalue weighted by molar-refractivity contribution is 6.08. The number of H-pyrrole nitrogens is 1. The Morgan fingerprint density at radius 1 is 0.950 bits per heavy atom. The maximum Gasteiger partial charge on any atom is 0.312 e. The number of aromatic amines is 1. The van der Waals surface area contributed by atoms with Crippen molar-refractivity contribution >= 4 is 34.4 Å². The van der Waals surface area contributed by atoms with E-state index in [0.717, 1.165) is 41.7 Å². The van der Waals surface area contributed by atoms with Gasteiger partial charge in [-0.05, 0) is 48.1 Å². The largest absolute Gasteiger partial charge is 0.455 e. The van der Waals surface area contributed by atoms with Gasteiger partial charge in [-0.2, -0.15) is 10.2 Å². The third-order valence-electron chi connectivity index (χ3n) is 7.48. The third-order valence-corrected chi connectivity index (χ3v) is 7.48. The average Bonchev–Trinajstić information content (AvgIpc) is 3.39. The molecule has 8 nitrogen and oxygen atoms in total. The summed E-state index contributed by atoms with van der Waals surface area (Å²) >= 11 is 0. The van der Waals surface area contributed by atoms with Gasteiger partial charge in [-0.3, -0.25) is 14.4 Å². The molecule has 4 aromatic rings. The van der Waals surface area contributed by atoms with Gasteiger partial charge in [0.15, 0.2) is 6.61 Å². The van der Waals surface area contributed by atoms with Crippen LogP contribution in [0.5, 0.6) is 0 Å². The minimum Gasteiger partial charge on any atom is -0.455 e. The number of hydrogen-bond acceptors (Lipinski definition) is 6. The summed E-state index contributed by atoms with van der Waals surface area (Å²) in [6.45, 7) is -0.440. The smallest absolute Gasteiger partial charge is 0.312 e. The number of allylic oxidation sites excluding steroid dienone is 1. The van der Waals surface area contributed by atoms with Gasteiger partial charge in [0.2, 0.25) is 0 Å². The summed E-state index contributed by atoms with van der Waals surface area (Å²) in [4.78, 5) is 38.3. The fourth-order valence-corrected chi connectivity index (χ4v) is 5.64. The average molecular weight is 533 g/mol. The molecule has 1 saturated carbocycles. The van der Waals surface area contributed by atoms with Crippen molar-refractivity contribution in [1.82, 2.24) is 15.2 Å². The van der Waals surface area contributed by atoms with E-state index >= 15 is 0 Å². The van der Waals surface area contributed by atoms with Gasteiger partial charge in [0.1, 0.15) is 0 Å². The number of ether oxygens (including phenoxy) is 1. The van der Waals surface area contributed by atoms with E-state index < -0.39 is 12.6 Å². The predicted octanol–water partition coefficient (Wildman–Crippen LogP) is 4.83. The van der Waals surface area contributed by atoms with Crippen LogP contribution >= 0.6 is 0 Å². The number of fused-ring (bicyclic) bond motifs is 2. The van der Waals surface area contributed by atoms with Crippen LogP contribution in [0.3, 0.4) is 0 Å². The van der Waals surface area contributed by atoms with Crippen LogP contribution in [0.1, 0.15) is 42.1 Å². The summed E-state index contributed by atoms with van der Waals surface area (Å²) in [6, 6.07) is 26.7. The molecular formula is C32H28N4O4. The molecular weight excluding hydrogens is 504 g/mol. The topological polar surface area (TPSA) is 105 Å². The monoisotopic (exact) mass is 532 g/mol. The Labute approximate surface area is 231 Å². The highest BCUT2D eigenvalue weighted by atomic mass is 16.5. The van der Waals surface area contributed by atoms with Crippen molar-refractivity contribution in [2.75, 3.05) is 6.61 Å². The molecule has 2 heterocycles. The molecule has 0 bridgehead atoms. The van der Waals surface area contributed by atoms with Gasteiger partial charge in [-0.25, -0.2) is 10.1 Å². The molecule has 2 atom stereocenters. The Morgan fingerprint density at radius 2 is 1.65 bits per heavy atom. The maximum atomic E-state index is 13.5. The summed E-state index contributed by atoms with van der Waals surface area (Å²) in [6.07, 6.45) is 4.79. The Hall–Kier alpha value is -4.85. The van der Waals surface area contributed by atoms with Crippen molar-refractivity contribution in [3.63, 3.8) is 0 Å². The Morgan fingerprint density at radius 3 is 2.42 bits per heavy atom. The molecule has 1 N–H and O–H groups in total. The van der Waals surface area contributed by atoms with Crippen LogP contribution in [-0.2, 0) is 20.7 Å². The van der Waals surface area contributed by atoms with Gasteiger partial charge in [0.25, 0.3) is 11.5 Å². The molecule has 3 aromatic carbocycles. The molecule has 1 amide bonds. The van der Waals surface area contributed by atoms with Crippen LogP contribution < -0.4 is 5.56 Å². The SMILES string of the molecule is O=C(Cc1n[nH]c(=O)c2ccccc12)OCC(=O)N1N=C2/C(=C/c3ccccc3)CCC[C@H]2[C@H]1c1ccccc1. The molecule has 1 aliphatic carbocycles. The van der Waals surface area contributed by atoms with E-state index in [0.29, 0.717) is 16.5 Å². The number of amides is 1. The number of nitrogens with one attached hydrogen (secondary N) is 1. The molecule has 200 valence electrons. The lowest BCUT2D eigenvalue weighted by Crippen LogP contribution is -2.34. The number of carbonyl (C=O) groups excluding carboxylic acids is 2. The van der Waals surface area contributed by atoms with Crippen molar-refractivity contribution in [3.05, 3.63) is 118 Å². The molecule has 0 unspecified atom stereocenters. The summed E-state index contributed by atoms with van der Waals surface area (Å²) in [7, 11) is 0. The van der Waals surface area contributed by atoms with Gasteiger partial charge in [0, 0.05) is 11.3 Å². The van der Waals surface area contributed by atoms with E-state index in [4.69, 9.17) is 9.84 Å². The number of hydrazone groups is 1. The fourth-order valence-electron chi connectivity index (χ4n) is 5.64. The number of carbonyl (C=O) groups is 2. The summed E-state index contributed by atoms with van der Waals surface area (Å²) in [5, 5.41) is 13.8. The Kier molecular flexibility index (Phi) is 7.06. The van der Waals surface area contributed by atoms with Crippen LogP contribution in [0.4, 0.5) is 0 Å². The van der Waals surface area contributed by atoms with E-state index in [1.807, 2.05) is 48.5 Å². The third kappa shape index (κ3) is 5.08. The first-order valence-corrected chi connectivity index (χ1v) is 13.4. The van der Waals surface area contributed by atoms with Gasteiger partial charge >= 0.3 is 5.97 Å². The molecule has 0 spiro atoms. The van der Waals surface area contributed by atoms with Crippen LogP contribution in [0.2, 0.25) is 0 Å². The van der Waals surface area contributed by atoms with Crippen LogP contribution in [-0.4, -0.2) is 39.4 Å². The molecule has 0 radical (unpaired) electrons. The number of aromatic nitrogens is 2. The van der Waals surface area contributed by atoms with E-state index in [-0.39, 0.29) is 29.8 Å². The van der Waals surface area contributed by atoms with Crippen molar-refractivity contribution < 1.29 is 14.3 Å². The van der Waals surface area contributed by atoms with E-state index in [9.17, 15) is 14.4 Å². The summed E-state index contributed by atoms with van der Waals surface area (Å²) in [5.74, 6) is -0.937. The second kappa shape index (κ2) is 11.1. The van der Waals surface area contributed by atoms with Crippen molar-refractivity contribution in [1.29, 1.82) is 0 Å². The lowest BCUT2D eigenvalue weighted by atomic mass is 9.77. The summed E-state index contributed by atoms with van der Waals surface area (Å²) in [5.41, 5.74) is 4.21. The lowest BCUT2D eigenvalue weighted by molar-refractivity contribution is -0.152. The predicted molar refractivity (Wildman–Crippen MR) is 152 cm³/mol. The molecule has 1 aromatic heterocycles. The number of benzene rings is 3. The zero-order chi connectivity index (χ0) is 27.5. The molecule has 40 heavy (non-hydrogen) atoms. The van der Waals surface area contributed by atoms with E-state index in [1.165, 1.54) is 5.01 Å². The first-order chi connectivity index (χ1) is 19.6. The summed E-state index contributed by atoms with van der Waals surface area (Å²) < 4.78 is 5.41.